The second kappa shape index (κ2) is 9.29. The van der Waals surface area contributed by atoms with Gasteiger partial charge >= 0.3 is 0 Å². The monoisotopic (exact) mass is 293 g/mol. The maximum Gasteiger partial charge on any atom is 0.133 e. The average Bonchev–Trinajstić information content (AvgIpc) is 2.53. The number of nitrogens with one attached hydrogen (secondary N) is 1. The first-order valence-corrected chi connectivity index (χ1v) is 7.40. The molecular formula is C17H27NO3. The molecule has 0 unspecified atom stereocenters. The Morgan fingerprint density at radius 3 is 2.10 bits per heavy atom. The Balaban J connectivity index is 3.13. The molecule has 0 heterocycles. The van der Waals surface area contributed by atoms with E-state index in [9.17, 15) is 0 Å². The van der Waals surface area contributed by atoms with Gasteiger partial charge in [-0.05, 0) is 25.5 Å². The fourth-order valence-corrected chi connectivity index (χ4v) is 2.08. The quantitative estimate of drug-likeness (QED) is 0.707. The molecule has 0 saturated heterocycles. The van der Waals surface area contributed by atoms with Crippen LogP contribution in [0.4, 0.5) is 0 Å². The Hall–Kier alpha value is -1.68. The molecule has 4 heteroatoms. The maximum atomic E-state index is 5.48. The lowest BCUT2D eigenvalue weighted by atomic mass is 10.1. The first-order chi connectivity index (χ1) is 10.2. The first kappa shape index (κ1) is 17.4. The van der Waals surface area contributed by atoms with Gasteiger partial charge in [0.1, 0.15) is 17.2 Å². The zero-order valence-corrected chi connectivity index (χ0v) is 13.8. The third-order valence-corrected chi connectivity index (χ3v) is 3.33. The highest BCUT2D eigenvalue weighted by atomic mass is 16.5. The van der Waals surface area contributed by atoms with Crippen molar-refractivity contribution in [3.63, 3.8) is 0 Å². The van der Waals surface area contributed by atoms with Crippen molar-refractivity contribution in [1.82, 2.24) is 5.32 Å². The second-order valence-corrected chi connectivity index (χ2v) is 4.78. The molecular weight excluding hydrogens is 266 g/mol. The average molecular weight is 293 g/mol. The van der Waals surface area contributed by atoms with Crippen LogP contribution in [0, 0.1) is 0 Å². The number of rotatable bonds is 9. The van der Waals surface area contributed by atoms with Crippen molar-refractivity contribution in [3.05, 3.63) is 23.3 Å². The van der Waals surface area contributed by atoms with Crippen LogP contribution >= 0.6 is 0 Å². The molecule has 0 spiro atoms. The first-order valence-electron chi connectivity index (χ1n) is 7.40. The fraction of sp³-hybridized carbons (Fsp3) is 0.529. The molecule has 0 saturated carbocycles. The highest BCUT2D eigenvalue weighted by Gasteiger charge is 2.12. The zero-order chi connectivity index (χ0) is 15.7. The van der Waals surface area contributed by atoms with Crippen molar-refractivity contribution in [1.29, 1.82) is 0 Å². The lowest BCUT2D eigenvalue weighted by Gasteiger charge is -2.14. The third kappa shape index (κ3) is 4.97. The summed E-state index contributed by atoms with van der Waals surface area (Å²) in [6.45, 7) is 6.22. The van der Waals surface area contributed by atoms with E-state index < -0.39 is 0 Å². The molecule has 118 valence electrons. The molecule has 1 N–H and O–H groups in total. The fourth-order valence-electron chi connectivity index (χ4n) is 2.08. The lowest BCUT2D eigenvalue weighted by molar-refractivity contribution is 0.374. The molecule has 0 fully saturated rings. The highest BCUT2D eigenvalue weighted by molar-refractivity contribution is 5.68. The molecule has 21 heavy (non-hydrogen) atoms. The summed E-state index contributed by atoms with van der Waals surface area (Å²) in [4.78, 5) is 0. The Kier molecular flexibility index (Phi) is 7.69. The van der Waals surface area contributed by atoms with Crippen molar-refractivity contribution in [2.45, 2.75) is 26.7 Å². The molecule has 0 amide bonds. The summed E-state index contributed by atoms with van der Waals surface area (Å²) in [5, 5.41) is 3.43. The van der Waals surface area contributed by atoms with Gasteiger partial charge in [0.2, 0.25) is 0 Å². The van der Waals surface area contributed by atoms with Gasteiger partial charge in [-0.15, -0.1) is 0 Å². The minimum Gasteiger partial charge on any atom is -0.496 e. The normalized spacial score (nSPS) is 11.4. The van der Waals surface area contributed by atoms with Crippen LogP contribution in [-0.4, -0.2) is 34.4 Å². The van der Waals surface area contributed by atoms with Crippen molar-refractivity contribution in [2.75, 3.05) is 34.4 Å². The van der Waals surface area contributed by atoms with Crippen LogP contribution in [0.3, 0.4) is 0 Å². The number of methoxy groups -OCH3 is 3. The molecule has 4 nitrogen and oxygen atoms in total. The van der Waals surface area contributed by atoms with E-state index in [1.807, 2.05) is 12.1 Å². The van der Waals surface area contributed by atoms with Crippen molar-refractivity contribution in [3.8, 4) is 17.2 Å². The van der Waals surface area contributed by atoms with Crippen molar-refractivity contribution in [2.24, 2.45) is 0 Å². The largest absolute Gasteiger partial charge is 0.496 e. The Morgan fingerprint density at radius 2 is 1.67 bits per heavy atom. The van der Waals surface area contributed by atoms with Gasteiger partial charge in [0.15, 0.2) is 0 Å². The topological polar surface area (TPSA) is 39.7 Å². The molecule has 1 aromatic carbocycles. The van der Waals surface area contributed by atoms with Gasteiger partial charge in [-0.2, -0.15) is 0 Å². The van der Waals surface area contributed by atoms with Crippen LogP contribution < -0.4 is 19.5 Å². The number of hydrogen-bond donors (Lipinski definition) is 1. The molecule has 1 rings (SSSR count). The van der Waals surface area contributed by atoms with Gasteiger partial charge in [-0.1, -0.05) is 19.4 Å². The van der Waals surface area contributed by atoms with Crippen LogP contribution in [0.2, 0.25) is 0 Å². The minimum absolute atomic E-state index is 0.725. The van der Waals surface area contributed by atoms with E-state index >= 15 is 0 Å². The van der Waals surface area contributed by atoms with Gasteiger partial charge in [-0.25, -0.2) is 0 Å². The molecule has 0 radical (unpaired) electrons. The molecule has 0 aliphatic carbocycles. The van der Waals surface area contributed by atoms with Gasteiger partial charge in [0.25, 0.3) is 0 Å². The third-order valence-electron chi connectivity index (χ3n) is 3.33. The second-order valence-electron chi connectivity index (χ2n) is 4.78. The van der Waals surface area contributed by atoms with Gasteiger partial charge in [0.05, 0.1) is 26.9 Å². The summed E-state index contributed by atoms with van der Waals surface area (Å²) in [5.41, 5.74) is 2.26. The van der Waals surface area contributed by atoms with E-state index in [1.54, 1.807) is 21.3 Å². The van der Waals surface area contributed by atoms with Crippen LogP contribution in [0.15, 0.2) is 17.7 Å². The molecule has 0 bridgehead atoms. The van der Waals surface area contributed by atoms with Crippen molar-refractivity contribution < 1.29 is 14.2 Å². The summed E-state index contributed by atoms with van der Waals surface area (Å²) in [6.07, 6.45) is 4.25. The van der Waals surface area contributed by atoms with E-state index in [-0.39, 0.29) is 0 Å². The highest BCUT2D eigenvalue weighted by Crippen LogP contribution is 2.35. The van der Waals surface area contributed by atoms with Crippen LogP contribution in [-0.2, 0) is 0 Å². The van der Waals surface area contributed by atoms with E-state index in [0.717, 1.165) is 48.7 Å². The summed E-state index contributed by atoms with van der Waals surface area (Å²) < 4.78 is 16.2. The zero-order valence-electron chi connectivity index (χ0n) is 13.8. The Bertz CT molecular complexity index is 444. The Morgan fingerprint density at radius 1 is 1.05 bits per heavy atom. The molecule has 0 atom stereocenters. The van der Waals surface area contributed by atoms with E-state index in [2.05, 4.69) is 25.2 Å². The molecule has 0 aliphatic heterocycles. The number of benzene rings is 1. The van der Waals surface area contributed by atoms with E-state index in [0.29, 0.717) is 0 Å². The van der Waals surface area contributed by atoms with Gasteiger partial charge < -0.3 is 19.5 Å². The number of hydrogen-bond acceptors (Lipinski definition) is 4. The van der Waals surface area contributed by atoms with Gasteiger partial charge in [-0.3, -0.25) is 0 Å². The summed E-state index contributed by atoms with van der Waals surface area (Å²) in [7, 11) is 4.95. The Labute approximate surface area is 128 Å². The van der Waals surface area contributed by atoms with E-state index in [1.165, 1.54) is 5.57 Å². The molecule has 0 aromatic heterocycles. The smallest absolute Gasteiger partial charge is 0.133 e. The summed E-state index contributed by atoms with van der Waals surface area (Å²) in [5.74, 6) is 2.24. The minimum atomic E-state index is 0.725. The number of ether oxygens (including phenoxy) is 3. The van der Waals surface area contributed by atoms with Crippen LogP contribution in [0.25, 0.3) is 6.08 Å². The molecule has 0 aliphatic rings. The maximum absolute atomic E-state index is 5.48. The van der Waals surface area contributed by atoms with Crippen LogP contribution in [0.1, 0.15) is 32.3 Å². The standard InChI is InChI=1S/C17H27NO3/c1-6-8-18-12-13(7-2)9-15-16(20-4)10-14(19-3)11-17(15)21-5/h9-11,18H,6-8,12H2,1-5H3. The van der Waals surface area contributed by atoms with E-state index in [4.69, 9.17) is 14.2 Å². The lowest BCUT2D eigenvalue weighted by Crippen LogP contribution is -2.17. The summed E-state index contributed by atoms with van der Waals surface area (Å²) in [6, 6.07) is 3.75. The molecule has 1 aromatic rings. The van der Waals surface area contributed by atoms with Gasteiger partial charge in [0, 0.05) is 18.7 Å². The van der Waals surface area contributed by atoms with Crippen LogP contribution in [0.5, 0.6) is 17.2 Å². The predicted molar refractivity (Wildman–Crippen MR) is 87.5 cm³/mol. The van der Waals surface area contributed by atoms with Crippen molar-refractivity contribution >= 4 is 6.08 Å². The predicted octanol–water partition coefficient (Wildman–Crippen LogP) is 3.51. The summed E-state index contributed by atoms with van der Waals surface area (Å²) >= 11 is 0. The SMILES string of the molecule is CCCNCC(=Cc1c(OC)cc(OC)cc1OC)CC.